The van der Waals surface area contributed by atoms with E-state index in [1.165, 1.54) is 60.6 Å². The van der Waals surface area contributed by atoms with Gasteiger partial charge in [-0.25, -0.2) is 4.98 Å². The number of aromatic nitrogens is 1. The number of benzene rings is 4. The van der Waals surface area contributed by atoms with Crippen molar-refractivity contribution in [2.75, 3.05) is 0 Å². The lowest BCUT2D eigenvalue weighted by atomic mass is 9.81. The Hall–Kier alpha value is -3.45. The summed E-state index contributed by atoms with van der Waals surface area (Å²) in [6, 6.07) is 29.5. The van der Waals surface area contributed by atoms with Crippen molar-refractivity contribution in [3.8, 4) is 22.4 Å². The summed E-state index contributed by atoms with van der Waals surface area (Å²) in [6.07, 6.45) is 2.09. The molecule has 0 radical (unpaired) electrons. The third-order valence-electron chi connectivity index (χ3n) is 7.55. The van der Waals surface area contributed by atoms with Gasteiger partial charge in [0.2, 0.25) is 5.69 Å². The van der Waals surface area contributed by atoms with E-state index in [1.54, 1.807) is 0 Å². The summed E-state index contributed by atoms with van der Waals surface area (Å²) in [6.45, 7) is 11.5. The van der Waals surface area contributed by atoms with Gasteiger partial charge in [-0.05, 0) is 62.2 Å². The van der Waals surface area contributed by atoms with Gasteiger partial charge in [0.25, 0.3) is 0 Å². The fourth-order valence-corrected chi connectivity index (χ4v) is 5.60. The standard InChI is InChI=1S/C32H29N/c1-31(2,3)22-12-15-23-20(18-22)10-14-27-24(23)16-17-33-30(27)21-11-13-26-25-8-6-7-9-28(25)32(4,5)29(26)19-21/h6-19H,1-5H3/p+1. The fourth-order valence-electron chi connectivity index (χ4n) is 5.60. The van der Waals surface area contributed by atoms with Gasteiger partial charge in [0.05, 0.1) is 5.39 Å². The quantitative estimate of drug-likeness (QED) is 0.240. The minimum atomic E-state index is 0.00255. The maximum Gasteiger partial charge on any atom is 0.218 e. The van der Waals surface area contributed by atoms with Gasteiger partial charge in [-0.15, -0.1) is 0 Å². The Labute approximate surface area is 196 Å². The van der Waals surface area contributed by atoms with Gasteiger partial charge >= 0.3 is 0 Å². The van der Waals surface area contributed by atoms with E-state index in [0.717, 1.165) is 0 Å². The highest BCUT2D eigenvalue weighted by Crippen LogP contribution is 2.49. The molecule has 4 aromatic carbocycles. The van der Waals surface area contributed by atoms with E-state index in [9.17, 15) is 0 Å². The molecule has 1 heterocycles. The molecule has 1 nitrogen and oxygen atoms in total. The molecule has 1 aliphatic rings. The molecule has 33 heavy (non-hydrogen) atoms. The summed E-state index contributed by atoms with van der Waals surface area (Å²) in [5, 5.41) is 5.17. The molecule has 162 valence electrons. The minimum absolute atomic E-state index is 0.00255. The molecule has 0 atom stereocenters. The second-order valence-corrected chi connectivity index (χ2v) is 11.0. The lowest BCUT2D eigenvalue weighted by Crippen LogP contribution is -2.15. The molecule has 1 aromatic heterocycles. The van der Waals surface area contributed by atoms with Crippen LogP contribution in [0.2, 0.25) is 0 Å². The number of H-pyrrole nitrogens is 1. The van der Waals surface area contributed by atoms with Gasteiger partial charge in [-0.1, -0.05) is 89.2 Å². The molecular weight excluding hydrogens is 398 g/mol. The van der Waals surface area contributed by atoms with Gasteiger partial charge in [0, 0.05) is 22.4 Å². The van der Waals surface area contributed by atoms with Crippen LogP contribution in [0.3, 0.4) is 0 Å². The lowest BCUT2D eigenvalue weighted by molar-refractivity contribution is -0.362. The summed E-state index contributed by atoms with van der Waals surface area (Å²) >= 11 is 0. The molecule has 1 N–H and O–H groups in total. The zero-order valence-electron chi connectivity index (χ0n) is 20.1. The van der Waals surface area contributed by atoms with Crippen molar-refractivity contribution >= 4 is 21.5 Å². The van der Waals surface area contributed by atoms with Crippen LogP contribution in [0.4, 0.5) is 0 Å². The number of rotatable bonds is 1. The first kappa shape index (κ1) is 20.2. The largest absolute Gasteiger partial charge is 0.218 e. The Morgan fingerprint density at radius 3 is 2.24 bits per heavy atom. The van der Waals surface area contributed by atoms with Crippen molar-refractivity contribution in [3.63, 3.8) is 0 Å². The maximum absolute atomic E-state index is 3.57. The molecule has 0 unspecified atom stereocenters. The summed E-state index contributed by atoms with van der Waals surface area (Å²) in [5.74, 6) is 0. The monoisotopic (exact) mass is 428 g/mol. The first-order valence-corrected chi connectivity index (χ1v) is 11.9. The molecule has 5 aromatic rings. The second-order valence-electron chi connectivity index (χ2n) is 11.0. The van der Waals surface area contributed by atoms with Crippen LogP contribution < -0.4 is 4.98 Å². The average molecular weight is 429 g/mol. The number of hydrogen-bond acceptors (Lipinski definition) is 0. The Balaban J connectivity index is 1.54. The van der Waals surface area contributed by atoms with Gasteiger partial charge in [0.15, 0.2) is 6.20 Å². The second kappa shape index (κ2) is 6.78. The molecule has 0 saturated heterocycles. The lowest BCUT2D eigenvalue weighted by Gasteiger charge is -2.21. The van der Waals surface area contributed by atoms with E-state index in [1.807, 2.05) is 0 Å². The number of fused-ring (bicyclic) bond motifs is 6. The molecule has 0 saturated carbocycles. The molecule has 1 aliphatic carbocycles. The van der Waals surface area contributed by atoms with Crippen molar-refractivity contribution in [2.45, 2.75) is 45.4 Å². The zero-order valence-corrected chi connectivity index (χ0v) is 20.1. The van der Waals surface area contributed by atoms with Crippen molar-refractivity contribution in [1.29, 1.82) is 0 Å². The number of hydrogen-bond donors (Lipinski definition) is 0. The molecule has 0 amide bonds. The van der Waals surface area contributed by atoms with Crippen molar-refractivity contribution in [3.05, 3.63) is 102 Å². The van der Waals surface area contributed by atoms with Gasteiger partial charge < -0.3 is 0 Å². The molecule has 0 spiro atoms. The third-order valence-corrected chi connectivity index (χ3v) is 7.55. The van der Waals surface area contributed by atoms with Crippen molar-refractivity contribution in [1.82, 2.24) is 0 Å². The summed E-state index contributed by atoms with van der Waals surface area (Å²) in [4.78, 5) is 3.57. The predicted molar refractivity (Wildman–Crippen MR) is 140 cm³/mol. The SMILES string of the molecule is CC(C)(C)c1ccc2c(ccc3c(-c4ccc5c(c4)C(C)(C)c4ccccc4-5)[nH+]ccc32)c1. The van der Waals surface area contributed by atoms with Crippen LogP contribution in [0, 0.1) is 0 Å². The minimum Gasteiger partial charge on any atom is -0.211 e. The van der Waals surface area contributed by atoms with Gasteiger partial charge in [-0.2, -0.15) is 0 Å². The number of nitrogens with one attached hydrogen (secondary N) is 1. The van der Waals surface area contributed by atoms with Crippen LogP contribution in [0.15, 0.2) is 85.1 Å². The van der Waals surface area contributed by atoms with Crippen LogP contribution in [0.25, 0.3) is 43.9 Å². The molecule has 6 rings (SSSR count). The van der Waals surface area contributed by atoms with E-state index in [2.05, 4.69) is 125 Å². The smallest absolute Gasteiger partial charge is 0.211 e. The zero-order chi connectivity index (χ0) is 23.0. The van der Waals surface area contributed by atoms with Crippen LogP contribution in [0.1, 0.15) is 51.3 Å². The Morgan fingerprint density at radius 2 is 1.42 bits per heavy atom. The summed E-state index contributed by atoms with van der Waals surface area (Å²) in [7, 11) is 0. The van der Waals surface area contributed by atoms with Gasteiger partial charge in [0.1, 0.15) is 0 Å². The van der Waals surface area contributed by atoms with Crippen LogP contribution >= 0.6 is 0 Å². The molecule has 0 aliphatic heterocycles. The van der Waals surface area contributed by atoms with E-state index < -0.39 is 0 Å². The first-order valence-electron chi connectivity index (χ1n) is 11.9. The highest BCUT2D eigenvalue weighted by atomic mass is 14.7. The average Bonchev–Trinajstić information content (AvgIpc) is 3.04. The summed E-state index contributed by atoms with van der Waals surface area (Å²) < 4.78 is 0. The predicted octanol–water partition coefficient (Wildman–Crippen LogP) is 8.08. The topological polar surface area (TPSA) is 14.1 Å². The Kier molecular flexibility index (Phi) is 4.14. The van der Waals surface area contributed by atoms with Crippen molar-refractivity contribution < 1.29 is 4.98 Å². The van der Waals surface area contributed by atoms with Crippen LogP contribution in [-0.4, -0.2) is 0 Å². The molecule has 0 fully saturated rings. The van der Waals surface area contributed by atoms with Gasteiger partial charge in [-0.3, -0.25) is 0 Å². The molecule has 1 heteroatoms. The number of pyridine rings is 1. The molecule has 0 bridgehead atoms. The Bertz CT molecular complexity index is 1560. The normalized spacial score (nSPS) is 14.5. The van der Waals surface area contributed by atoms with E-state index in [4.69, 9.17) is 0 Å². The van der Waals surface area contributed by atoms with Crippen molar-refractivity contribution in [2.24, 2.45) is 0 Å². The fraction of sp³-hybridized carbons (Fsp3) is 0.219. The molecular formula is C32H30N+. The third kappa shape index (κ3) is 2.95. The maximum atomic E-state index is 3.57. The first-order chi connectivity index (χ1) is 15.7. The van der Waals surface area contributed by atoms with Crippen LogP contribution in [0.5, 0.6) is 0 Å². The number of aromatic amines is 1. The Morgan fingerprint density at radius 1 is 0.667 bits per heavy atom. The van der Waals surface area contributed by atoms with Crippen LogP contribution in [-0.2, 0) is 10.8 Å². The van der Waals surface area contributed by atoms with E-state index in [0.29, 0.717) is 0 Å². The van der Waals surface area contributed by atoms with E-state index in [-0.39, 0.29) is 10.8 Å². The highest BCUT2D eigenvalue weighted by Gasteiger charge is 2.35. The van der Waals surface area contributed by atoms with E-state index >= 15 is 0 Å². The highest BCUT2D eigenvalue weighted by molar-refractivity contribution is 6.10. The summed E-state index contributed by atoms with van der Waals surface area (Å²) in [5.41, 5.74) is 9.50.